The average Bonchev–Trinajstić information content (AvgIpc) is 1.64. The third-order valence-corrected chi connectivity index (χ3v) is 17.3. The Bertz CT molecular complexity index is 6580. The molecule has 128 heavy (non-hydrogen) atoms. The molecule has 0 aromatic carbocycles. The largest absolute Gasteiger partial charge is 1.00 e. The molecule has 18 aromatic heterocycles. The number of halogens is 7. The Hall–Kier alpha value is -14.8. The molecule has 0 bridgehead atoms. The molecule has 45 nitrogen and oxygen atoms in total. The van der Waals surface area contributed by atoms with E-state index in [0.717, 1.165) is 56.7 Å². The van der Waals surface area contributed by atoms with Crippen LogP contribution >= 0.6 is 58.0 Å². The van der Waals surface area contributed by atoms with Crippen LogP contribution in [0.25, 0.3) is 49.7 Å². The Morgan fingerprint density at radius 1 is 0.555 bits per heavy atom. The zero-order valence-electron chi connectivity index (χ0n) is 67.3. The summed E-state index contributed by atoms with van der Waals surface area (Å²) in [6.45, 7) is 5.69. The summed E-state index contributed by atoms with van der Waals surface area (Å²) in [5.41, 5.74) is 28.3. The van der Waals surface area contributed by atoms with Gasteiger partial charge in [0.1, 0.15) is 22.5 Å². The number of alkyl halides is 3. The number of aryl methyl sites for hydroxylation is 1. The number of carboxylic acids is 1. The van der Waals surface area contributed by atoms with Gasteiger partial charge in [-0.3, -0.25) is 9.59 Å². The maximum absolute atomic E-state index is 14.3. The second-order valence-corrected chi connectivity index (χ2v) is 26.2. The van der Waals surface area contributed by atoms with E-state index in [2.05, 4.69) is 123 Å². The number of imidazole rings is 7. The van der Waals surface area contributed by atoms with Crippen molar-refractivity contribution in [1.82, 2.24) is 147 Å². The molecular weight excluding hydrogens is 1770 g/mol. The minimum absolute atomic E-state index is 0. The molecule has 0 fully saturated rings. The Morgan fingerprint density at radius 3 is 1.32 bits per heavy atom. The number of pyridine rings is 2. The summed E-state index contributed by atoms with van der Waals surface area (Å²) in [7, 11) is 0. The molecule has 0 unspecified atom stereocenters. The Balaban J connectivity index is 0.000000206. The number of terminal acetylenes is 1. The van der Waals surface area contributed by atoms with Crippen LogP contribution in [0, 0.1) is 24.0 Å². The average molecular weight is 1840 g/mol. The van der Waals surface area contributed by atoms with Gasteiger partial charge in [0, 0.05) is 73.4 Å². The number of Topliss-reactive ketones (excluding diaryl/α,β-unsaturated/α-hetero) is 2. The van der Waals surface area contributed by atoms with Crippen molar-refractivity contribution >= 4 is 133 Å². The number of hydrogen-bond donors (Lipinski definition) is 3. The van der Waals surface area contributed by atoms with Crippen molar-refractivity contribution in [2.24, 2.45) is 10.8 Å². The number of carbonyl (C=O) groups excluding carboxylic acids is 4. The minimum atomic E-state index is -1.10. The van der Waals surface area contributed by atoms with E-state index in [1.165, 1.54) is 46.5 Å². The number of aromatic carboxylic acids is 1. The number of aromatic nitrogens is 30. The summed E-state index contributed by atoms with van der Waals surface area (Å²) in [4.78, 5) is 86.9. The molecule has 0 aliphatic carbocycles. The summed E-state index contributed by atoms with van der Waals surface area (Å²) >= 11 is 27.1. The number of nitrogens with two attached hydrogens (primary N) is 2. The van der Waals surface area contributed by atoms with Gasteiger partial charge in [-0.05, 0) is 111 Å². The van der Waals surface area contributed by atoms with Crippen LogP contribution in [0.5, 0.6) is 0 Å². The van der Waals surface area contributed by atoms with E-state index in [1.54, 1.807) is 161 Å². The monoisotopic (exact) mass is 1840 g/mol. The van der Waals surface area contributed by atoms with Crippen molar-refractivity contribution in [3.8, 4) is 12.3 Å². The van der Waals surface area contributed by atoms with Crippen molar-refractivity contribution in [2.45, 2.75) is 65.3 Å². The van der Waals surface area contributed by atoms with Crippen LogP contribution in [0.15, 0.2) is 202 Å². The fraction of sp³-hybridized carbons (Fsp3) is 0.187. The zero-order valence-corrected chi connectivity index (χ0v) is 71.1. The number of fused-ring (bicyclic) bond motifs is 7. The summed E-state index contributed by atoms with van der Waals surface area (Å²) in [5.74, 6) is -0.762. The topological polar surface area (TPSA) is 590 Å². The first-order valence-electron chi connectivity index (χ1n) is 36.4. The van der Waals surface area contributed by atoms with Crippen LogP contribution in [-0.2, 0) is 64.1 Å². The maximum atomic E-state index is 14.3. The first kappa shape index (κ1) is 100. The number of esters is 2. The van der Waals surface area contributed by atoms with Gasteiger partial charge in [-0.2, -0.15) is 30.6 Å². The molecule has 18 aromatic rings. The molecular formula is C75H71Cl5F2LiN35O10. The van der Waals surface area contributed by atoms with Gasteiger partial charge in [-0.1, -0.05) is 44.0 Å². The van der Waals surface area contributed by atoms with E-state index in [1.807, 2.05) is 54.7 Å². The van der Waals surface area contributed by atoms with Gasteiger partial charge in [-0.25, -0.2) is 94.7 Å². The predicted octanol–water partition coefficient (Wildman–Crippen LogP) is 5.11. The molecule has 8 N–H and O–H groups in total. The fourth-order valence-electron chi connectivity index (χ4n) is 10.4. The number of carboxylic acid groups (broad SMARTS) is 1. The quantitative estimate of drug-likeness (QED) is 0.0103. The number of ketones is 2. The standard InChI is InChI=1S/C19H14ClFN8O.C12H12N6O2.C10H8N6O2.C8H7ClFN3.C7H6ClN3.C7H6N6.C5H6O2.C4H5N3.C3H4Cl2O.Li.2H2O/c20-13-5-7-27-11-22-14(19(27)18(13)21)3-4-16(30)15-10-28(26-25-15)8-12-9-29-17(24-12)2-1-6-23-29;1-2-20-12(19)10-8-17(16-15-10)6-9-7-18-11(14-9)4-3-5-13-18;17-10(18)8-6-15(14-13-8)4-7-5-16-9(12-7)2-1-3-11-16;9-5-1-2-13-4-12-6(3-11)8(13)7(5)10;8-4-6-5-11-7(10-6)2-1-3-9-11;8-12-9-4-6-5-13-7(11-6)2-1-3-10-13;1-3-5(6)7-4-2;5-4-2-1-3-6-7-4;4-1-3(6)2-5;;;/h1-2,5-7,9-11H,3-4,8H2;3-5,7-8H,2,6H2,1H3;1-3,5-6H,4H2,(H,17,18);1-2,4H,3,11H2;1-3,5H,4H2;1-3,5H,4H2;1H,4H2,2H3;1-3H,(H2,5,7);1-2H2;;2*1H2/q;;;;;;;;;+1;;/p-1. The number of azide groups is 1. The molecule has 0 saturated heterocycles. The van der Waals surface area contributed by atoms with Crippen LogP contribution in [-0.4, -0.2) is 217 Å². The number of ether oxygens (including phenoxy) is 2. The Labute approximate surface area is 757 Å². The van der Waals surface area contributed by atoms with Gasteiger partial charge in [0.25, 0.3) is 0 Å². The molecule has 53 heteroatoms. The van der Waals surface area contributed by atoms with E-state index < -0.39 is 29.5 Å². The molecule has 656 valence electrons. The van der Waals surface area contributed by atoms with Crippen LogP contribution in [0.1, 0.15) is 91.6 Å². The van der Waals surface area contributed by atoms with Crippen LogP contribution in [0.3, 0.4) is 0 Å². The summed E-state index contributed by atoms with van der Waals surface area (Å²) in [6.07, 6.45) is 34.7. The minimum Gasteiger partial charge on any atom is -0.870 e. The van der Waals surface area contributed by atoms with E-state index in [0.29, 0.717) is 61.5 Å². The molecule has 0 radical (unpaired) electrons. The number of nitrogens with zero attached hydrogens (tertiary/aromatic N) is 33. The number of nitrogen functional groups attached to an aromatic ring is 1. The third-order valence-electron chi connectivity index (χ3n) is 15.8. The molecule has 0 aliphatic heterocycles. The van der Waals surface area contributed by atoms with Gasteiger partial charge < -0.3 is 45.8 Å². The van der Waals surface area contributed by atoms with Crippen molar-refractivity contribution in [3.63, 3.8) is 0 Å². The van der Waals surface area contributed by atoms with Gasteiger partial charge >= 0.3 is 36.8 Å². The summed E-state index contributed by atoms with van der Waals surface area (Å²) in [5, 5.41) is 62.6. The fourth-order valence-corrected chi connectivity index (χ4v) is 11.1. The molecule has 0 aliphatic rings. The normalized spacial score (nSPS) is 10.2. The summed E-state index contributed by atoms with van der Waals surface area (Å²) in [6, 6.07) is 24.7. The second kappa shape index (κ2) is 50.8. The van der Waals surface area contributed by atoms with Gasteiger partial charge in [0.15, 0.2) is 62.8 Å². The van der Waals surface area contributed by atoms with E-state index in [-0.39, 0.29) is 112 Å². The smallest absolute Gasteiger partial charge is 0.870 e. The van der Waals surface area contributed by atoms with Crippen molar-refractivity contribution < 1.29 is 77.1 Å². The molecule has 0 amide bonds. The number of hydrogen-bond acceptors (Lipinski definition) is 31. The zero-order chi connectivity index (χ0) is 89.2. The number of carbonyl (C=O) groups is 5. The molecule has 18 heterocycles. The number of rotatable bonds is 20. The van der Waals surface area contributed by atoms with Gasteiger partial charge in [0.05, 0.1) is 169 Å². The SMILES string of the molecule is C#CC(=O)OCC.CCOC(=O)c1cn(Cc2cn3ncccc3n2)nn1.ClCc1cn2ncccc2n1.NCc1ncn2ccc(Cl)c(F)c12.Nc1cccnn1.O.O=C(CCc1ncn2ccc(Cl)c(F)c12)c1cn(Cc2cn3ncccc3n2)nn1.O=C(CCl)CCl.O=C(O)c1cn(Cc2cn3ncccc3n2)nn1.[Li+].[N-]=[N+]=NCc1cn2ncccc2n1.[OH-]. The summed E-state index contributed by atoms with van der Waals surface area (Å²) < 4.78 is 52.8. The van der Waals surface area contributed by atoms with Gasteiger partial charge in [-0.15, -0.1) is 61.6 Å². The van der Waals surface area contributed by atoms with E-state index in [4.69, 9.17) is 84.8 Å². The molecule has 0 spiro atoms. The van der Waals surface area contributed by atoms with Crippen molar-refractivity contribution in [3.05, 3.63) is 286 Å². The van der Waals surface area contributed by atoms with E-state index in [9.17, 15) is 32.8 Å². The van der Waals surface area contributed by atoms with Crippen LogP contribution in [0.2, 0.25) is 10.0 Å². The van der Waals surface area contributed by atoms with Crippen molar-refractivity contribution in [1.29, 1.82) is 0 Å². The maximum Gasteiger partial charge on any atom is 1.00 e. The second-order valence-electron chi connectivity index (χ2n) is 24.5. The van der Waals surface area contributed by atoms with Crippen molar-refractivity contribution in [2.75, 3.05) is 30.7 Å². The third kappa shape index (κ3) is 28.9. The van der Waals surface area contributed by atoms with E-state index >= 15 is 0 Å². The van der Waals surface area contributed by atoms with Crippen LogP contribution in [0.4, 0.5) is 14.6 Å². The number of anilines is 1. The molecule has 18 rings (SSSR count). The molecule has 0 atom stereocenters. The Morgan fingerprint density at radius 2 is 0.953 bits per heavy atom. The Kier molecular flexibility index (Phi) is 39.8. The van der Waals surface area contributed by atoms with Gasteiger partial charge in [0.2, 0.25) is 0 Å². The molecule has 0 saturated carbocycles. The first-order chi connectivity index (χ1) is 60.6. The van der Waals surface area contributed by atoms with Crippen LogP contribution < -0.4 is 30.3 Å². The predicted molar refractivity (Wildman–Crippen MR) is 452 cm³/mol. The first-order valence-corrected chi connectivity index (χ1v) is 38.7.